The number of carbonyl (C=O) groups excluding carboxylic acids is 1. The van der Waals surface area contributed by atoms with Crippen LogP contribution in [0.4, 0.5) is 0 Å². The molecular formula is C16H22N2O. The molecule has 0 heterocycles. The summed E-state index contributed by atoms with van der Waals surface area (Å²) in [5.41, 5.74) is 7.31. The molecule has 0 spiro atoms. The molecule has 1 amide bonds. The lowest BCUT2D eigenvalue weighted by Gasteiger charge is -2.54. The molecule has 2 bridgehead atoms. The fraction of sp³-hybridized carbons (Fsp3) is 0.562. The summed E-state index contributed by atoms with van der Waals surface area (Å²) in [6, 6.07) is 10.9. The van der Waals surface area contributed by atoms with Crippen LogP contribution in [0.2, 0.25) is 0 Å². The van der Waals surface area contributed by atoms with Crippen molar-refractivity contribution in [2.45, 2.75) is 49.5 Å². The van der Waals surface area contributed by atoms with Gasteiger partial charge in [-0.1, -0.05) is 30.3 Å². The Kier molecular flexibility index (Phi) is 3.09. The van der Waals surface area contributed by atoms with Gasteiger partial charge in [0.05, 0.1) is 6.54 Å². The van der Waals surface area contributed by atoms with Gasteiger partial charge in [0, 0.05) is 5.54 Å². The lowest BCUT2D eigenvalue weighted by atomic mass is 9.55. The average Bonchev–Trinajstić information content (AvgIpc) is 2.48. The van der Waals surface area contributed by atoms with Gasteiger partial charge in [-0.25, -0.2) is 0 Å². The summed E-state index contributed by atoms with van der Waals surface area (Å²) < 4.78 is 0. The molecule has 0 saturated heterocycles. The maximum atomic E-state index is 11.0. The minimum atomic E-state index is -0.250. The number of nitrogens with one attached hydrogen (secondary N) is 1. The standard InChI is InChI=1S/C16H22N2O/c17-14(19)12-18-16-9-6-15(7-10-16,8-11-16)13-4-2-1-3-5-13/h1-5,18H,6-12H2,(H2,17,19). The van der Waals surface area contributed by atoms with E-state index in [0.717, 1.165) is 19.3 Å². The van der Waals surface area contributed by atoms with Crippen LogP contribution in [0, 0.1) is 0 Å². The van der Waals surface area contributed by atoms with Gasteiger partial charge in [0.25, 0.3) is 0 Å². The Morgan fingerprint density at radius 1 is 1.05 bits per heavy atom. The summed E-state index contributed by atoms with van der Waals surface area (Å²) in [4.78, 5) is 11.0. The highest BCUT2D eigenvalue weighted by atomic mass is 16.1. The molecular weight excluding hydrogens is 236 g/mol. The fourth-order valence-electron chi connectivity index (χ4n) is 3.95. The van der Waals surface area contributed by atoms with Crippen LogP contribution < -0.4 is 11.1 Å². The molecule has 3 nitrogen and oxygen atoms in total. The first-order chi connectivity index (χ1) is 9.14. The Labute approximate surface area is 114 Å². The van der Waals surface area contributed by atoms with Crippen LogP contribution in [0.25, 0.3) is 0 Å². The molecule has 3 saturated carbocycles. The number of fused-ring (bicyclic) bond motifs is 3. The Bertz CT molecular complexity index is 444. The van der Waals surface area contributed by atoms with E-state index in [9.17, 15) is 4.79 Å². The number of primary amides is 1. The summed E-state index contributed by atoms with van der Waals surface area (Å²) in [6.07, 6.45) is 7.16. The minimum Gasteiger partial charge on any atom is -0.369 e. The van der Waals surface area contributed by atoms with Crippen molar-refractivity contribution < 1.29 is 4.79 Å². The van der Waals surface area contributed by atoms with Gasteiger partial charge in [-0.15, -0.1) is 0 Å². The predicted octanol–water partition coefficient (Wildman–Crippen LogP) is 2.11. The lowest BCUT2D eigenvalue weighted by Crippen LogP contribution is -2.57. The Hall–Kier alpha value is -1.35. The predicted molar refractivity (Wildman–Crippen MR) is 75.8 cm³/mol. The maximum absolute atomic E-state index is 11.0. The van der Waals surface area contributed by atoms with Gasteiger partial charge in [-0.3, -0.25) is 4.79 Å². The molecule has 4 rings (SSSR count). The minimum absolute atomic E-state index is 0.172. The molecule has 0 aromatic heterocycles. The van der Waals surface area contributed by atoms with Crippen molar-refractivity contribution in [3.8, 4) is 0 Å². The third kappa shape index (κ3) is 2.27. The van der Waals surface area contributed by atoms with Crippen molar-refractivity contribution in [3.63, 3.8) is 0 Å². The van der Waals surface area contributed by atoms with Crippen molar-refractivity contribution in [3.05, 3.63) is 35.9 Å². The van der Waals surface area contributed by atoms with Gasteiger partial charge in [-0.05, 0) is 49.5 Å². The van der Waals surface area contributed by atoms with Crippen molar-refractivity contribution in [2.75, 3.05) is 6.54 Å². The first-order valence-corrected chi connectivity index (χ1v) is 7.23. The van der Waals surface area contributed by atoms with Crippen LogP contribution in [0.5, 0.6) is 0 Å². The second-order valence-electron chi connectivity index (χ2n) is 6.25. The summed E-state index contributed by atoms with van der Waals surface area (Å²) in [7, 11) is 0. The van der Waals surface area contributed by atoms with Crippen molar-refractivity contribution in [1.82, 2.24) is 5.32 Å². The van der Waals surface area contributed by atoms with E-state index in [0.29, 0.717) is 12.0 Å². The van der Waals surface area contributed by atoms with Gasteiger partial charge in [-0.2, -0.15) is 0 Å². The molecule has 102 valence electrons. The molecule has 3 fully saturated rings. The second-order valence-corrected chi connectivity index (χ2v) is 6.25. The quantitative estimate of drug-likeness (QED) is 0.869. The largest absolute Gasteiger partial charge is 0.369 e. The normalized spacial score (nSPS) is 33.3. The van der Waals surface area contributed by atoms with Gasteiger partial charge in [0.15, 0.2) is 0 Å². The lowest BCUT2D eigenvalue weighted by molar-refractivity contribution is -0.117. The van der Waals surface area contributed by atoms with Crippen molar-refractivity contribution in [2.24, 2.45) is 5.73 Å². The molecule has 0 atom stereocenters. The number of hydrogen-bond acceptors (Lipinski definition) is 2. The summed E-state index contributed by atoms with van der Waals surface area (Å²) in [6.45, 7) is 0.318. The molecule has 0 unspecified atom stereocenters. The maximum Gasteiger partial charge on any atom is 0.231 e. The van der Waals surface area contributed by atoms with Crippen LogP contribution in [-0.2, 0) is 10.2 Å². The van der Waals surface area contributed by atoms with E-state index in [2.05, 4.69) is 35.6 Å². The molecule has 1 aromatic carbocycles. The summed E-state index contributed by atoms with van der Waals surface area (Å²) in [5.74, 6) is -0.250. The highest BCUT2D eigenvalue weighted by molar-refractivity contribution is 5.76. The molecule has 0 radical (unpaired) electrons. The number of benzene rings is 1. The van der Waals surface area contributed by atoms with Crippen LogP contribution in [-0.4, -0.2) is 18.0 Å². The van der Waals surface area contributed by atoms with E-state index in [4.69, 9.17) is 5.73 Å². The molecule has 3 N–H and O–H groups in total. The topological polar surface area (TPSA) is 55.1 Å². The van der Waals surface area contributed by atoms with Crippen LogP contribution >= 0.6 is 0 Å². The smallest absolute Gasteiger partial charge is 0.231 e. The van der Waals surface area contributed by atoms with Gasteiger partial charge in [0.2, 0.25) is 5.91 Å². The molecule has 19 heavy (non-hydrogen) atoms. The zero-order valence-electron chi connectivity index (χ0n) is 11.3. The highest BCUT2D eigenvalue weighted by Crippen LogP contribution is 2.53. The van der Waals surface area contributed by atoms with Crippen LogP contribution in [0.1, 0.15) is 44.1 Å². The zero-order chi connectivity index (χ0) is 13.3. The van der Waals surface area contributed by atoms with E-state index in [1.165, 1.54) is 24.8 Å². The third-order valence-electron chi connectivity index (χ3n) is 5.27. The van der Waals surface area contributed by atoms with Crippen molar-refractivity contribution in [1.29, 1.82) is 0 Å². The van der Waals surface area contributed by atoms with E-state index < -0.39 is 0 Å². The highest BCUT2D eigenvalue weighted by Gasteiger charge is 2.48. The first kappa shape index (κ1) is 12.7. The van der Waals surface area contributed by atoms with Gasteiger partial charge >= 0.3 is 0 Å². The monoisotopic (exact) mass is 258 g/mol. The molecule has 3 heteroatoms. The zero-order valence-corrected chi connectivity index (χ0v) is 11.3. The SMILES string of the molecule is NC(=O)CNC12CCC(c3ccccc3)(CC1)CC2. The van der Waals surface area contributed by atoms with Gasteiger partial charge in [0.1, 0.15) is 0 Å². The molecule has 3 aliphatic carbocycles. The van der Waals surface area contributed by atoms with E-state index in [-0.39, 0.29) is 11.4 Å². The average molecular weight is 258 g/mol. The number of carbonyl (C=O) groups is 1. The Morgan fingerprint density at radius 3 is 2.16 bits per heavy atom. The van der Waals surface area contributed by atoms with Gasteiger partial charge < -0.3 is 11.1 Å². The molecule has 3 aliphatic rings. The molecule has 0 aliphatic heterocycles. The first-order valence-electron chi connectivity index (χ1n) is 7.23. The fourth-order valence-corrected chi connectivity index (χ4v) is 3.95. The van der Waals surface area contributed by atoms with Crippen LogP contribution in [0.15, 0.2) is 30.3 Å². The Morgan fingerprint density at radius 2 is 1.63 bits per heavy atom. The molecule has 1 aromatic rings. The second kappa shape index (κ2) is 4.64. The summed E-state index contributed by atoms with van der Waals surface area (Å²) in [5, 5.41) is 3.42. The van der Waals surface area contributed by atoms with E-state index >= 15 is 0 Å². The Balaban J connectivity index is 1.73. The number of amides is 1. The van der Waals surface area contributed by atoms with Crippen LogP contribution in [0.3, 0.4) is 0 Å². The number of hydrogen-bond donors (Lipinski definition) is 2. The number of nitrogens with two attached hydrogens (primary N) is 1. The number of rotatable bonds is 4. The van der Waals surface area contributed by atoms with Crippen molar-refractivity contribution >= 4 is 5.91 Å². The third-order valence-corrected chi connectivity index (χ3v) is 5.27. The summed E-state index contributed by atoms with van der Waals surface area (Å²) >= 11 is 0. The van der Waals surface area contributed by atoms with E-state index in [1.807, 2.05) is 0 Å². The van der Waals surface area contributed by atoms with E-state index in [1.54, 1.807) is 0 Å².